The Balaban J connectivity index is 1.90. The number of amides is 1. The Morgan fingerprint density at radius 2 is 2.05 bits per heavy atom. The minimum Gasteiger partial charge on any atom is -0.312 e. The van der Waals surface area contributed by atoms with Crippen molar-refractivity contribution in [1.82, 2.24) is 4.98 Å². The van der Waals surface area contributed by atoms with E-state index < -0.39 is 0 Å². The zero-order valence-electron chi connectivity index (χ0n) is 10.8. The third kappa shape index (κ3) is 2.30. The van der Waals surface area contributed by atoms with Gasteiger partial charge in [-0.25, -0.2) is 0 Å². The lowest BCUT2D eigenvalue weighted by atomic mass is 9.96. The largest absolute Gasteiger partial charge is 0.312 e. The van der Waals surface area contributed by atoms with Crippen molar-refractivity contribution in [2.75, 3.05) is 5.32 Å². The highest BCUT2D eigenvalue weighted by Crippen LogP contribution is 2.37. The molecule has 0 saturated heterocycles. The molecule has 0 saturated carbocycles. The van der Waals surface area contributed by atoms with E-state index in [1.165, 1.54) is 16.2 Å². The van der Waals surface area contributed by atoms with Gasteiger partial charge in [-0.15, -0.1) is 11.3 Å². The van der Waals surface area contributed by atoms with E-state index in [9.17, 15) is 10.1 Å². The number of nitrogens with zero attached hydrogens (tertiary/aromatic N) is 2. The lowest BCUT2D eigenvalue weighted by Gasteiger charge is -2.09. The van der Waals surface area contributed by atoms with Crippen LogP contribution in [0.3, 0.4) is 0 Å². The van der Waals surface area contributed by atoms with Gasteiger partial charge in [0.15, 0.2) is 0 Å². The quantitative estimate of drug-likeness (QED) is 0.920. The molecular weight excluding hydrogens is 270 g/mol. The fraction of sp³-hybridized carbons (Fsp3) is 0.267. The second-order valence-corrected chi connectivity index (χ2v) is 5.82. The number of thiophene rings is 1. The third-order valence-electron chi connectivity index (χ3n) is 3.45. The van der Waals surface area contributed by atoms with Gasteiger partial charge in [-0.2, -0.15) is 5.26 Å². The molecule has 0 bridgehead atoms. The molecule has 5 heteroatoms. The monoisotopic (exact) mass is 283 g/mol. The highest BCUT2D eigenvalue weighted by atomic mass is 32.1. The molecule has 1 aliphatic rings. The van der Waals surface area contributed by atoms with E-state index in [1.807, 2.05) is 0 Å². The number of hydrogen-bond acceptors (Lipinski definition) is 4. The normalized spacial score (nSPS) is 13.3. The highest BCUT2D eigenvalue weighted by molar-refractivity contribution is 7.16. The summed E-state index contributed by atoms with van der Waals surface area (Å²) in [6.45, 7) is 0. The average molecular weight is 283 g/mol. The minimum absolute atomic E-state index is 0.192. The van der Waals surface area contributed by atoms with Crippen molar-refractivity contribution in [2.45, 2.75) is 25.7 Å². The van der Waals surface area contributed by atoms with E-state index in [2.05, 4.69) is 16.4 Å². The maximum atomic E-state index is 12.2. The maximum Gasteiger partial charge on any atom is 0.256 e. The van der Waals surface area contributed by atoms with Gasteiger partial charge in [0.2, 0.25) is 0 Å². The summed E-state index contributed by atoms with van der Waals surface area (Å²) < 4.78 is 0. The van der Waals surface area contributed by atoms with Crippen LogP contribution in [-0.2, 0) is 12.8 Å². The molecule has 2 heterocycles. The number of carbonyl (C=O) groups excluding carboxylic acids is 1. The molecule has 2 aromatic rings. The fourth-order valence-corrected chi connectivity index (χ4v) is 3.69. The van der Waals surface area contributed by atoms with Gasteiger partial charge in [0.1, 0.15) is 11.1 Å². The number of pyridine rings is 1. The van der Waals surface area contributed by atoms with Crippen molar-refractivity contribution < 1.29 is 4.79 Å². The van der Waals surface area contributed by atoms with E-state index in [1.54, 1.807) is 24.5 Å². The first-order valence-corrected chi connectivity index (χ1v) is 7.37. The summed E-state index contributed by atoms with van der Waals surface area (Å²) in [4.78, 5) is 17.3. The Hall–Kier alpha value is -2.19. The van der Waals surface area contributed by atoms with Crippen molar-refractivity contribution in [3.8, 4) is 6.07 Å². The molecule has 3 rings (SSSR count). The van der Waals surface area contributed by atoms with Crippen LogP contribution in [0.1, 0.15) is 39.2 Å². The number of aryl methyl sites for hydroxylation is 1. The fourth-order valence-electron chi connectivity index (χ4n) is 2.45. The average Bonchev–Trinajstić information content (AvgIpc) is 2.85. The maximum absolute atomic E-state index is 12.2. The van der Waals surface area contributed by atoms with Crippen LogP contribution in [0, 0.1) is 11.3 Å². The van der Waals surface area contributed by atoms with Gasteiger partial charge in [0.25, 0.3) is 5.91 Å². The summed E-state index contributed by atoms with van der Waals surface area (Å²) in [5.74, 6) is -0.192. The van der Waals surface area contributed by atoms with E-state index in [-0.39, 0.29) is 5.91 Å². The number of nitriles is 1. The SMILES string of the molecule is N#Cc1c(NC(=O)c2ccncc2)sc2c1CCCC2. The van der Waals surface area contributed by atoms with Gasteiger partial charge in [-0.05, 0) is 43.4 Å². The van der Waals surface area contributed by atoms with Gasteiger partial charge in [-0.1, -0.05) is 0 Å². The molecule has 4 nitrogen and oxygen atoms in total. The topological polar surface area (TPSA) is 65.8 Å². The van der Waals surface area contributed by atoms with Crippen molar-refractivity contribution >= 4 is 22.2 Å². The Morgan fingerprint density at radius 1 is 1.30 bits per heavy atom. The lowest BCUT2D eigenvalue weighted by molar-refractivity contribution is 0.102. The summed E-state index contributed by atoms with van der Waals surface area (Å²) in [5, 5.41) is 12.9. The number of nitrogens with one attached hydrogen (secondary N) is 1. The van der Waals surface area contributed by atoms with Crippen molar-refractivity contribution in [2.24, 2.45) is 0 Å². The van der Waals surface area contributed by atoms with E-state index in [4.69, 9.17) is 0 Å². The third-order valence-corrected chi connectivity index (χ3v) is 4.66. The Bertz CT molecular complexity index is 685. The zero-order chi connectivity index (χ0) is 13.9. The van der Waals surface area contributed by atoms with Crippen LogP contribution in [-0.4, -0.2) is 10.9 Å². The summed E-state index contributed by atoms with van der Waals surface area (Å²) >= 11 is 1.54. The summed E-state index contributed by atoms with van der Waals surface area (Å²) in [7, 11) is 0. The Labute approximate surface area is 121 Å². The first kappa shape index (κ1) is 12.8. The first-order valence-electron chi connectivity index (χ1n) is 6.55. The highest BCUT2D eigenvalue weighted by Gasteiger charge is 2.21. The number of aromatic nitrogens is 1. The van der Waals surface area contributed by atoms with E-state index in [0.29, 0.717) is 16.1 Å². The molecule has 1 aliphatic carbocycles. The molecule has 2 aromatic heterocycles. The van der Waals surface area contributed by atoms with Gasteiger partial charge in [0, 0.05) is 22.8 Å². The van der Waals surface area contributed by atoms with Crippen LogP contribution in [0.15, 0.2) is 24.5 Å². The standard InChI is InChI=1S/C15H13N3OS/c16-9-12-11-3-1-2-4-13(11)20-15(12)18-14(19)10-5-7-17-8-6-10/h5-8H,1-4H2,(H,18,19). The molecule has 1 amide bonds. The predicted octanol–water partition coefficient (Wildman–Crippen LogP) is 3.15. The molecule has 0 spiro atoms. The van der Waals surface area contributed by atoms with Gasteiger partial charge in [-0.3, -0.25) is 9.78 Å². The molecule has 1 N–H and O–H groups in total. The van der Waals surface area contributed by atoms with Crippen LogP contribution in [0.25, 0.3) is 0 Å². The summed E-state index contributed by atoms with van der Waals surface area (Å²) in [5.41, 5.74) is 2.33. The van der Waals surface area contributed by atoms with E-state index >= 15 is 0 Å². The minimum atomic E-state index is -0.192. The van der Waals surface area contributed by atoms with Crippen LogP contribution >= 0.6 is 11.3 Å². The lowest BCUT2D eigenvalue weighted by Crippen LogP contribution is -2.11. The molecule has 0 aromatic carbocycles. The van der Waals surface area contributed by atoms with Gasteiger partial charge < -0.3 is 5.32 Å². The number of rotatable bonds is 2. The molecule has 0 unspecified atom stereocenters. The first-order chi connectivity index (χ1) is 9.79. The number of hydrogen-bond donors (Lipinski definition) is 1. The summed E-state index contributed by atoms with van der Waals surface area (Å²) in [6, 6.07) is 5.57. The predicted molar refractivity (Wildman–Crippen MR) is 77.9 cm³/mol. The van der Waals surface area contributed by atoms with Crippen molar-refractivity contribution in [3.63, 3.8) is 0 Å². The number of fused-ring (bicyclic) bond motifs is 1. The number of carbonyl (C=O) groups is 1. The molecule has 0 atom stereocenters. The van der Waals surface area contributed by atoms with Crippen molar-refractivity contribution in [3.05, 3.63) is 46.1 Å². The molecule has 20 heavy (non-hydrogen) atoms. The van der Waals surface area contributed by atoms with E-state index in [0.717, 1.165) is 31.2 Å². The second-order valence-electron chi connectivity index (χ2n) is 4.72. The Kier molecular flexibility index (Phi) is 3.48. The van der Waals surface area contributed by atoms with Crippen LogP contribution in [0.5, 0.6) is 0 Å². The molecular formula is C15H13N3OS. The molecule has 100 valence electrons. The van der Waals surface area contributed by atoms with Gasteiger partial charge >= 0.3 is 0 Å². The van der Waals surface area contributed by atoms with Gasteiger partial charge in [0.05, 0.1) is 5.56 Å². The zero-order valence-corrected chi connectivity index (χ0v) is 11.7. The molecule has 0 fully saturated rings. The van der Waals surface area contributed by atoms with Crippen LogP contribution in [0.2, 0.25) is 0 Å². The van der Waals surface area contributed by atoms with Crippen LogP contribution in [0.4, 0.5) is 5.00 Å². The summed E-state index contributed by atoms with van der Waals surface area (Å²) in [6.07, 6.45) is 7.41. The molecule has 0 radical (unpaired) electrons. The smallest absolute Gasteiger partial charge is 0.256 e. The second kappa shape index (κ2) is 5.43. The molecule has 0 aliphatic heterocycles. The number of anilines is 1. The Morgan fingerprint density at radius 3 is 2.80 bits per heavy atom. The van der Waals surface area contributed by atoms with Crippen molar-refractivity contribution in [1.29, 1.82) is 5.26 Å². The van der Waals surface area contributed by atoms with Crippen LogP contribution < -0.4 is 5.32 Å².